The Morgan fingerprint density at radius 3 is 2.65 bits per heavy atom. The van der Waals surface area contributed by atoms with Crippen molar-refractivity contribution >= 4 is 5.69 Å². The van der Waals surface area contributed by atoms with Crippen LogP contribution in [0.25, 0.3) is 11.3 Å². The predicted octanol–water partition coefficient (Wildman–Crippen LogP) is 2.12. The van der Waals surface area contributed by atoms with E-state index < -0.39 is 0 Å². The Morgan fingerprint density at radius 1 is 1.25 bits per heavy atom. The zero-order chi connectivity index (χ0) is 14.8. The number of anilines is 1. The molecule has 0 aromatic carbocycles. The van der Waals surface area contributed by atoms with E-state index in [2.05, 4.69) is 47.4 Å². The van der Waals surface area contributed by atoms with E-state index in [1.54, 1.807) is 12.4 Å². The minimum Gasteiger partial charge on any atom is -0.398 e. The van der Waals surface area contributed by atoms with Crippen molar-refractivity contribution in [3.8, 4) is 11.3 Å². The molecule has 0 radical (unpaired) electrons. The highest BCUT2D eigenvalue weighted by Crippen LogP contribution is 2.27. The van der Waals surface area contributed by atoms with Gasteiger partial charge in [-0.2, -0.15) is 0 Å². The van der Waals surface area contributed by atoms with Crippen molar-refractivity contribution in [3.63, 3.8) is 0 Å². The summed E-state index contributed by atoms with van der Waals surface area (Å²) in [6, 6.07) is 1.82. The maximum Gasteiger partial charge on any atom is 0.0951 e. The van der Waals surface area contributed by atoms with Gasteiger partial charge in [0.2, 0.25) is 0 Å². The fourth-order valence-corrected chi connectivity index (χ4v) is 2.66. The molecule has 0 saturated heterocycles. The van der Waals surface area contributed by atoms with Gasteiger partial charge < -0.3 is 15.2 Å². The molecule has 0 fully saturated rings. The number of nitrogens with two attached hydrogens (primary N) is 1. The summed E-state index contributed by atoms with van der Waals surface area (Å²) in [4.78, 5) is 10.6. The number of nitrogen functional groups attached to an aromatic ring is 1. The molecule has 0 bridgehead atoms. The lowest BCUT2D eigenvalue weighted by molar-refractivity contribution is 0.212. The molecule has 0 spiro atoms. The third-order valence-corrected chi connectivity index (χ3v) is 3.19. The second-order valence-electron chi connectivity index (χ2n) is 6.27. The number of rotatable bonds is 5. The van der Waals surface area contributed by atoms with Crippen LogP contribution in [0, 0.1) is 5.41 Å². The molecule has 0 amide bonds. The lowest BCUT2D eigenvalue weighted by Crippen LogP contribution is -2.32. The first-order valence-electron chi connectivity index (χ1n) is 6.74. The smallest absolute Gasteiger partial charge is 0.0951 e. The summed E-state index contributed by atoms with van der Waals surface area (Å²) in [5.41, 5.74) is 8.87. The Labute approximate surface area is 120 Å². The van der Waals surface area contributed by atoms with Crippen molar-refractivity contribution in [1.29, 1.82) is 0 Å². The van der Waals surface area contributed by atoms with Gasteiger partial charge in [-0.3, -0.25) is 4.98 Å². The molecule has 2 rings (SSSR count). The van der Waals surface area contributed by atoms with Gasteiger partial charge in [0, 0.05) is 36.7 Å². The SMILES string of the molecule is CN(C)CC(C)(C)Cn1cncc1-c1cnccc1N. The monoisotopic (exact) mass is 273 g/mol. The quantitative estimate of drug-likeness (QED) is 0.906. The number of aromatic nitrogens is 3. The van der Waals surface area contributed by atoms with Crippen LogP contribution in [-0.2, 0) is 6.54 Å². The zero-order valence-electron chi connectivity index (χ0n) is 12.7. The Bertz CT molecular complexity index is 571. The van der Waals surface area contributed by atoms with Crippen molar-refractivity contribution in [3.05, 3.63) is 31.0 Å². The number of hydrogen-bond donors (Lipinski definition) is 1. The lowest BCUT2D eigenvalue weighted by atomic mass is 9.92. The van der Waals surface area contributed by atoms with Crippen LogP contribution >= 0.6 is 0 Å². The number of nitrogens with zero attached hydrogens (tertiary/aromatic N) is 4. The molecule has 108 valence electrons. The first-order chi connectivity index (χ1) is 9.39. The topological polar surface area (TPSA) is 60.0 Å². The van der Waals surface area contributed by atoms with Crippen LogP contribution in [0.1, 0.15) is 13.8 Å². The molecule has 5 heteroatoms. The van der Waals surface area contributed by atoms with Gasteiger partial charge in [-0.1, -0.05) is 13.8 Å². The zero-order valence-corrected chi connectivity index (χ0v) is 12.7. The molecule has 0 aliphatic rings. The fourth-order valence-electron chi connectivity index (χ4n) is 2.66. The van der Waals surface area contributed by atoms with Gasteiger partial charge in [-0.25, -0.2) is 4.98 Å². The fraction of sp³-hybridized carbons (Fsp3) is 0.467. The maximum absolute atomic E-state index is 6.04. The third kappa shape index (κ3) is 3.36. The van der Waals surface area contributed by atoms with Crippen LogP contribution in [0.3, 0.4) is 0 Å². The molecule has 0 aliphatic heterocycles. The molecular weight excluding hydrogens is 250 g/mol. The van der Waals surface area contributed by atoms with Crippen molar-refractivity contribution in [2.24, 2.45) is 5.41 Å². The molecule has 2 N–H and O–H groups in total. The Balaban J connectivity index is 2.28. The van der Waals surface area contributed by atoms with Gasteiger partial charge in [0.1, 0.15) is 0 Å². The van der Waals surface area contributed by atoms with E-state index >= 15 is 0 Å². The van der Waals surface area contributed by atoms with Gasteiger partial charge >= 0.3 is 0 Å². The van der Waals surface area contributed by atoms with Crippen molar-refractivity contribution in [2.45, 2.75) is 20.4 Å². The highest BCUT2D eigenvalue weighted by atomic mass is 15.1. The van der Waals surface area contributed by atoms with Gasteiger partial charge in [-0.15, -0.1) is 0 Å². The summed E-state index contributed by atoms with van der Waals surface area (Å²) in [5, 5.41) is 0. The highest BCUT2D eigenvalue weighted by molar-refractivity contribution is 5.72. The van der Waals surface area contributed by atoms with E-state index in [0.717, 1.165) is 30.0 Å². The van der Waals surface area contributed by atoms with E-state index in [1.807, 2.05) is 18.6 Å². The predicted molar refractivity (Wildman–Crippen MR) is 82.2 cm³/mol. The summed E-state index contributed by atoms with van der Waals surface area (Å²) < 4.78 is 2.15. The number of hydrogen-bond acceptors (Lipinski definition) is 4. The van der Waals surface area contributed by atoms with Crippen LogP contribution in [0.5, 0.6) is 0 Å². The molecule has 20 heavy (non-hydrogen) atoms. The molecule has 0 atom stereocenters. The van der Waals surface area contributed by atoms with Crippen LogP contribution in [-0.4, -0.2) is 40.1 Å². The van der Waals surface area contributed by atoms with E-state index in [0.29, 0.717) is 0 Å². The summed E-state index contributed by atoms with van der Waals surface area (Å²) in [6.45, 7) is 6.40. The average molecular weight is 273 g/mol. The van der Waals surface area contributed by atoms with Gasteiger partial charge in [-0.05, 0) is 25.6 Å². The molecule has 2 heterocycles. The van der Waals surface area contributed by atoms with Crippen molar-refractivity contribution in [2.75, 3.05) is 26.4 Å². The molecule has 0 aliphatic carbocycles. The maximum atomic E-state index is 6.04. The largest absolute Gasteiger partial charge is 0.398 e. The molecule has 2 aromatic heterocycles. The number of imidazole rings is 1. The standard InChI is InChI=1S/C15H23N5/c1-15(2,9-19(3)4)10-20-11-18-8-14(20)12-7-17-6-5-13(12)16/h5-8,11H,9-10H2,1-4H3,(H2,16,17). The van der Waals surface area contributed by atoms with Crippen LogP contribution in [0.2, 0.25) is 0 Å². The van der Waals surface area contributed by atoms with Gasteiger partial charge in [0.25, 0.3) is 0 Å². The minimum absolute atomic E-state index is 0.149. The first kappa shape index (κ1) is 14.5. The normalized spacial score (nSPS) is 12.1. The summed E-state index contributed by atoms with van der Waals surface area (Å²) in [5.74, 6) is 0. The number of pyridine rings is 1. The average Bonchev–Trinajstić information content (AvgIpc) is 2.75. The van der Waals surface area contributed by atoms with Crippen molar-refractivity contribution < 1.29 is 0 Å². The molecule has 0 saturated carbocycles. The summed E-state index contributed by atoms with van der Waals surface area (Å²) >= 11 is 0. The second kappa shape index (κ2) is 5.63. The molecule has 5 nitrogen and oxygen atoms in total. The van der Waals surface area contributed by atoms with E-state index in [1.165, 1.54) is 0 Å². The lowest BCUT2D eigenvalue weighted by Gasteiger charge is -2.29. The van der Waals surface area contributed by atoms with Crippen LogP contribution < -0.4 is 5.73 Å². The first-order valence-corrected chi connectivity index (χ1v) is 6.74. The summed E-state index contributed by atoms with van der Waals surface area (Å²) in [6.07, 6.45) is 7.20. The van der Waals surface area contributed by atoms with E-state index in [-0.39, 0.29) is 5.41 Å². The second-order valence-corrected chi connectivity index (χ2v) is 6.27. The van der Waals surface area contributed by atoms with Gasteiger partial charge in [0.15, 0.2) is 0 Å². The Kier molecular flexibility index (Phi) is 4.09. The van der Waals surface area contributed by atoms with Gasteiger partial charge in [0.05, 0.1) is 18.2 Å². The Morgan fingerprint density at radius 2 is 2.00 bits per heavy atom. The molecular formula is C15H23N5. The third-order valence-electron chi connectivity index (χ3n) is 3.19. The molecule has 0 unspecified atom stereocenters. The van der Waals surface area contributed by atoms with Crippen LogP contribution in [0.15, 0.2) is 31.0 Å². The van der Waals surface area contributed by atoms with E-state index in [4.69, 9.17) is 5.73 Å². The summed E-state index contributed by atoms with van der Waals surface area (Å²) in [7, 11) is 4.19. The molecule has 2 aromatic rings. The van der Waals surface area contributed by atoms with Crippen LogP contribution in [0.4, 0.5) is 5.69 Å². The Hall–Kier alpha value is -1.88. The minimum atomic E-state index is 0.149. The van der Waals surface area contributed by atoms with Crippen molar-refractivity contribution in [1.82, 2.24) is 19.4 Å². The van der Waals surface area contributed by atoms with E-state index in [9.17, 15) is 0 Å². The highest BCUT2D eigenvalue weighted by Gasteiger charge is 2.21.